The molecule has 0 aliphatic heterocycles. The van der Waals surface area contributed by atoms with Crippen molar-refractivity contribution in [1.29, 1.82) is 0 Å². The molecule has 2 amide bonds. The molecule has 0 aliphatic carbocycles. The molecule has 0 fully saturated rings. The smallest absolute Gasteiger partial charge is 0.425 e. The SMILES string of the molecule is Cc1c(C(=O)C(N)=O)c2c(OC(F)(F)C(N)=O)cccc2n1Cc1ccccc1. The lowest BCUT2D eigenvalue weighted by molar-refractivity contribution is -0.188. The van der Waals surface area contributed by atoms with Crippen molar-refractivity contribution in [3.05, 3.63) is 65.4 Å². The second-order valence-electron chi connectivity index (χ2n) is 6.36. The molecule has 3 aromatic rings. The number of fused-ring (bicyclic) bond motifs is 1. The van der Waals surface area contributed by atoms with Gasteiger partial charge in [0.15, 0.2) is 0 Å². The fourth-order valence-corrected chi connectivity index (χ4v) is 3.14. The van der Waals surface area contributed by atoms with E-state index in [1.54, 1.807) is 17.6 Å². The van der Waals surface area contributed by atoms with Crippen LogP contribution in [0, 0.1) is 6.92 Å². The lowest BCUT2D eigenvalue weighted by Crippen LogP contribution is -2.40. The van der Waals surface area contributed by atoms with Crippen LogP contribution in [0.1, 0.15) is 21.6 Å². The molecule has 29 heavy (non-hydrogen) atoms. The molecule has 0 atom stereocenters. The Bertz CT molecular complexity index is 1120. The van der Waals surface area contributed by atoms with Gasteiger partial charge >= 0.3 is 12.0 Å². The number of alkyl halides is 2. The largest absolute Gasteiger partial charge is 0.482 e. The van der Waals surface area contributed by atoms with Crippen molar-refractivity contribution in [1.82, 2.24) is 4.57 Å². The van der Waals surface area contributed by atoms with Gasteiger partial charge in [0.25, 0.3) is 11.7 Å². The number of carbonyl (C=O) groups excluding carboxylic acids is 3. The molecule has 0 saturated carbocycles. The summed E-state index contributed by atoms with van der Waals surface area (Å²) < 4.78 is 33.9. The highest BCUT2D eigenvalue weighted by Gasteiger charge is 2.41. The highest BCUT2D eigenvalue weighted by Crippen LogP contribution is 2.36. The Kier molecular flexibility index (Phi) is 5.06. The first-order valence-corrected chi connectivity index (χ1v) is 8.50. The number of carbonyl (C=O) groups is 3. The van der Waals surface area contributed by atoms with E-state index in [1.165, 1.54) is 6.07 Å². The molecule has 9 heteroatoms. The predicted molar refractivity (Wildman–Crippen MR) is 101 cm³/mol. The second kappa shape index (κ2) is 7.34. The van der Waals surface area contributed by atoms with Crippen molar-refractivity contribution in [3.63, 3.8) is 0 Å². The van der Waals surface area contributed by atoms with E-state index in [0.717, 1.165) is 11.6 Å². The summed E-state index contributed by atoms with van der Waals surface area (Å²) in [5.74, 6) is -4.76. The van der Waals surface area contributed by atoms with Gasteiger partial charge in [-0.25, -0.2) is 0 Å². The minimum atomic E-state index is -4.31. The van der Waals surface area contributed by atoms with Crippen molar-refractivity contribution in [2.24, 2.45) is 11.5 Å². The first-order chi connectivity index (χ1) is 13.6. The normalized spacial score (nSPS) is 11.4. The van der Waals surface area contributed by atoms with E-state index < -0.39 is 29.5 Å². The zero-order valence-corrected chi connectivity index (χ0v) is 15.3. The molecule has 1 aromatic heterocycles. The number of primary amides is 2. The van der Waals surface area contributed by atoms with Crippen LogP contribution in [0.4, 0.5) is 8.78 Å². The number of benzene rings is 2. The van der Waals surface area contributed by atoms with Gasteiger partial charge in [0.1, 0.15) is 5.75 Å². The van der Waals surface area contributed by atoms with Crippen LogP contribution >= 0.6 is 0 Å². The Morgan fingerprint density at radius 3 is 2.28 bits per heavy atom. The summed E-state index contributed by atoms with van der Waals surface area (Å²) in [6, 6.07) is 13.4. The number of hydrogen-bond acceptors (Lipinski definition) is 4. The zero-order valence-electron chi connectivity index (χ0n) is 15.3. The number of aromatic nitrogens is 1. The highest BCUT2D eigenvalue weighted by atomic mass is 19.3. The second-order valence-corrected chi connectivity index (χ2v) is 6.36. The minimum absolute atomic E-state index is 0.0503. The Morgan fingerprint density at radius 2 is 1.69 bits per heavy atom. The summed E-state index contributed by atoms with van der Waals surface area (Å²) in [6.07, 6.45) is -4.31. The molecule has 2 aromatic carbocycles. The summed E-state index contributed by atoms with van der Waals surface area (Å²) in [4.78, 5) is 35.0. The number of halogens is 2. The monoisotopic (exact) mass is 401 g/mol. The van der Waals surface area contributed by atoms with Crippen LogP contribution in [0.2, 0.25) is 0 Å². The van der Waals surface area contributed by atoms with Crippen molar-refractivity contribution in [2.75, 3.05) is 0 Å². The van der Waals surface area contributed by atoms with E-state index >= 15 is 0 Å². The summed E-state index contributed by atoms with van der Waals surface area (Å²) in [5, 5.41) is -0.0503. The van der Waals surface area contributed by atoms with Gasteiger partial charge in [0.2, 0.25) is 0 Å². The number of amides is 2. The lowest BCUT2D eigenvalue weighted by atomic mass is 10.1. The van der Waals surface area contributed by atoms with E-state index in [-0.39, 0.29) is 10.9 Å². The van der Waals surface area contributed by atoms with Crippen LogP contribution in [-0.4, -0.2) is 28.3 Å². The molecule has 0 bridgehead atoms. The maximum absolute atomic E-state index is 13.8. The van der Waals surface area contributed by atoms with Gasteiger partial charge in [-0.1, -0.05) is 36.4 Å². The number of hydrogen-bond donors (Lipinski definition) is 2. The van der Waals surface area contributed by atoms with Gasteiger partial charge in [-0.2, -0.15) is 8.78 Å². The fourth-order valence-electron chi connectivity index (χ4n) is 3.14. The number of rotatable bonds is 7. The topological polar surface area (TPSA) is 117 Å². The molecular weight excluding hydrogens is 384 g/mol. The first-order valence-electron chi connectivity index (χ1n) is 8.50. The van der Waals surface area contributed by atoms with Crippen LogP contribution in [0.5, 0.6) is 5.75 Å². The molecule has 0 aliphatic rings. The third kappa shape index (κ3) is 3.66. The maximum atomic E-state index is 13.8. The van der Waals surface area contributed by atoms with E-state index in [2.05, 4.69) is 10.5 Å². The van der Waals surface area contributed by atoms with Crippen molar-refractivity contribution >= 4 is 28.5 Å². The quantitative estimate of drug-likeness (QED) is 0.466. The number of nitrogens with two attached hydrogens (primary N) is 2. The molecule has 7 nitrogen and oxygen atoms in total. The number of ketones is 1. The predicted octanol–water partition coefficient (Wildman–Crippen LogP) is 2.12. The van der Waals surface area contributed by atoms with Crippen LogP contribution < -0.4 is 16.2 Å². The van der Waals surface area contributed by atoms with Crippen LogP contribution in [-0.2, 0) is 16.1 Å². The molecule has 0 spiro atoms. The minimum Gasteiger partial charge on any atom is -0.425 e. The van der Waals surface area contributed by atoms with Crippen molar-refractivity contribution in [3.8, 4) is 5.75 Å². The van der Waals surface area contributed by atoms with Crippen molar-refractivity contribution in [2.45, 2.75) is 19.6 Å². The molecule has 0 radical (unpaired) electrons. The molecule has 150 valence electrons. The molecule has 1 heterocycles. The molecule has 0 unspecified atom stereocenters. The summed E-state index contributed by atoms with van der Waals surface area (Å²) in [5.41, 5.74) is 11.2. The molecule has 4 N–H and O–H groups in total. The summed E-state index contributed by atoms with van der Waals surface area (Å²) in [6.45, 7) is 1.86. The summed E-state index contributed by atoms with van der Waals surface area (Å²) in [7, 11) is 0. The van der Waals surface area contributed by atoms with Crippen molar-refractivity contribution < 1.29 is 27.9 Å². The Labute approximate surface area is 163 Å². The molecule has 3 rings (SSSR count). The van der Waals surface area contributed by atoms with E-state index in [4.69, 9.17) is 5.73 Å². The Hall–Kier alpha value is -3.75. The van der Waals surface area contributed by atoms with E-state index in [0.29, 0.717) is 17.8 Å². The van der Waals surface area contributed by atoms with E-state index in [9.17, 15) is 23.2 Å². The number of Topliss-reactive ketones (excluding diaryl/α,β-unsaturated/α-hetero) is 1. The third-order valence-electron chi connectivity index (χ3n) is 4.47. The van der Waals surface area contributed by atoms with Gasteiger partial charge in [0.05, 0.1) is 16.5 Å². The van der Waals surface area contributed by atoms with Gasteiger partial charge < -0.3 is 20.8 Å². The Morgan fingerprint density at radius 1 is 1.03 bits per heavy atom. The summed E-state index contributed by atoms with van der Waals surface area (Å²) >= 11 is 0. The van der Waals surface area contributed by atoms with E-state index in [1.807, 2.05) is 30.3 Å². The number of nitrogens with zero attached hydrogens (tertiary/aromatic N) is 1. The fraction of sp³-hybridized carbons (Fsp3) is 0.150. The average molecular weight is 401 g/mol. The lowest BCUT2D eigenvalue weighted by Gasteiger charge is -2.15. The Balaban J connectivity index is 2.27. The van der Waals surface area contributed by atoms with Gasteiger partial charge in [-0.3, -0.25) is 14.4 Å². The standard InChI is InChI=1S/C20H17F2N3O4/c1-11-15(17(26)18(23)27)16-13(25(11)10-12-6-3-2-4-7-12)8-5-9-14(16)29-20(21,22)19(24)28/h2-9H,10H2,1H3,(H2,23,27)(H2,24,28). The van der Waals surface area contributed by atoms with Gasteiger partial charge in [0, 0.05) is 12.2 Å². The van der Waals surface area contributed by atoms with Crippen LogP contribution in [0.25, 0.3) is 10.9 Å². The van der Waals surface area contributed by atoms with Crippen LogP contribution in [0.3, 0.4) is 0 Å². The van der Waals surface area contributed by atoms with Crippen LogP contribution in [0.15, 0.2) is 48.5 Å². The molecule has 0 saturated heterocycles. The maximum Gasteiger partial charge on any atom is 0.482 e. The van der Waals surface area contributed by atoms with Gasteiger partial charge in [-0.05, 0) is 24.6 Å². The highest BCUT2D eigenvalue weighted by molar-refractivity contribution is 6.45. The average Bonchev–Trinajstić information content (AvgIpc) is 2.94. The van der Waals surface area contributed by atoms with Gasteiger partial charge in [-0.15, -0.1) is 0 Å². The third-order valence-corrected chi connectivity index (χ3v) is 4.47. The molecular formula is C20H17F2N3O4. The first kappa shape index (κ1) is 20.0. The zero-order chi connectivity index (χ0) is 21.3. The number of ether oxygens (including phenoxy) is 1.